The quantitative estimate of drug-likeness (QED) is 0.0210. The van der Waals surface area contributed by atoms with Gasteiger partial charge in [-0.1, -0.05) is 48.9 Å². The summed E-state index contributed by atoms with van der Waals surface area (Å²) >= 11 is 0. The Morgan fingerprint density at radius 2 is 1.15 bits per heavy atom. The first-order valence-electron chi connectivity index (χ1n) is 16.7. The molecule has 5 aromatic rings. The topological polar surface area (TPSA) is 156 Å². The van der Waals surface area contributed by atoms with Gasteiger partial charge in [-0.25, -0.2) is 14.4 Å². The SMILES string of the molecule is C#COc1ccc(C(=O)O)c(C(=O)Oc2ccc(CCOCCc3ccc(OOCc4cc(OCCOc5ccccc5)ccc4C(=O)O)cc3)cc2)c1. The predicted molar refractivity (Wildman–Crippen MR) is 195 cm³/mol. The number of hydrogen-bond donors (Lipinski definition) is 2. The molecule has 5 aromatic carbocycles. The van der Waals surface area contributed by atoms with E-state index >= 15 is 0 Å². The molecule has 0 amide bonds. The lowest BCUT2D eigenvalue weighted by molar-refractivity contribution is -0.217. The minimum Gasteiger partial charge on any atom is -0.490 e. The lowest BCUT2D eigenvalue weighted by Crippen LogP contribution is -2.14. The van der Waals surface area contributed by atoms with Crippen molar-refractivity contribution in [1.29, 1.82) is 0 Å². The van der Waals surface area contributed by atoms with E-state index in [0.29, 0.717) is 49.7 Å². The highest BCUT2D eigenvalue weighted by molar-refractivity contribution is 6.03. The highest BCUT2D eigenvalue weighted by Crippen LogP contribution is 2.23. The second-order valence-electron chi connectivity index (χ2n) is 11.5. The number of aromatic carboxylic acids is 2. The summed E-state index contributed by atoms with van der Waals surface area (Å²) in [6, 6.07) is 31.9. The third-order valence-electron chi connectivity index (χ3n) is 7.79. The average Bonchev–Trinajstić information content (AvgIpc) is 3.18. The van der Waals surface area contributed by atoms with Gasteiger partial charge in [-0.2, -0.15) is 4.89 Å². The summed E-state index contributed by atoms with van der Waals surface area (Å²) < 4.78 is 27.5. The van der Waals surface area contributed by atoms with Crippen molar-refractivity contribution < 1.29 is 58.1 Å². The van der Waals surface area contributed by atoms with E-state index in [1.54, 1.807) is 48.5 Å². The second-order valence-corrected chi connectivity index (χ2v) is 11.5. The van der Waals surface area contributed by atoms with Gasteiger partial charge < -0.3 is 38.8 Å². The lowest BCUT2D eigenvalue weighted by atomic mass is 10.1. The number of esters is 1. The molecule has 276 valence electrons. The van der Waals surface area contributed by atoms with E-state index in [1.807, 2.05) is 48.6 Å². The summed E-state index contributed by atoms with van der Waals surface area (Å²) in [6.45, 7) is 1.42. The second kappa shape index (κ2) is 19.7. The molecular formula is C42H36O12. The normalized spacial score (nSPS) is 10.5. The summed E-state index contributed by atoms with van der Waals surface area (Å²) in [4.78, 5) is 46.8. The zero-order valence-electron chi connectivity index (χ0n) is 29.0. The third kappa shape index (κ3) is 11.6. The largest absolute Gasteiger partial charge is 0.490 e. The zero-order chi connectivity index (χ0) is 38.1. The molecule has 54 heavy (non-hydrogen) atoms. The summed E-state index contributed by atoms with van der Waals surface area (Å²) in [6.07, 6.45) is 8.38. The van der Waals surface area contributed by atoms with Crippen molar-refractivity contribution in [2.45, 2.75) is 19.4 Å². The van der Waals surface area contributed by atoms with Gasteiger partial charge in [0.1, 0.15) is 48.9 Å². The van der Waals surface area contributed by atoms with Crippen molar-refractivity contribution >= 4 is 17.9 Å². The third-order valence-corrected chi connectivity index (χ3v) is 7.79. The number of carboxylic acid groups (broad SMARTS) is 2. The molecule has 12 heteroatoms. The monoisotopic (exact) mass is 732 g/mol. The Labute approximate surface area is 311 Å². The molecule has 5 rings (SSSR count). The minimum atomic E-state index is -1.29. The molecule has 0 aliphatic heterocycles. The molecule has 0 aromatic heterocycles. The van der Waals surface area contributed by atoms with Crippen LogP contribution in [0.2, 0.25) is 0 Å². The van der Waals surface area contributed by atoms with Crippen molar-refractivity contribution in [3.05, 3.63) is 149 Å². The van der Waals surface area contributed by atoms with Gasteiger partial charge in [-0.3, -0.25) is 0 Å². The number of rotatable bonds is 20. The molecule has 0 saturated heterocycles. The fourth-order valence-corrected chi connectivity index (χ4v) is 5.07. The molecule has 0 spiro atoms. The van der Waals surface area contributed by atoms with Gasteiger partial charge in [0.05, 0.1) is 29.9 Å². The first kappa shape index (κ1) is 38.4. The van der Waals surface area contributed by atoms with Crippen LogP contribution in [0.3, 0.4) is 0 Å². The summed E-state index contributed by atoms with van der Waals surface area (Å²) in [5, 5.41) is 19.0. The Morgan fingerprint density at radius 3 is 1.78 bits per heavy atom. The molecule has 0 fully saturated rings. The predicted octanol–water partition coefficient (Wildman–Crippen LogP) is 7.04. The van der Waals surface area contributed by atoms with Gasteiger partial charge in [-0.05, 0) is 96.8 Å². The Balaban J connectivity index is 1.00. The van der Waals surface area contributed by atoms with Crippen molar-refractivity contribution in [3.8, 4) is 41.3 Å². The smallest absolute Gasteiger partial charge is 0.344 e. The van der Waals surface area contributed by atoms with E-state index in [9.17, 15) is 24.6 Å². The van der Waals surface area contributed by atoms with Crippen LogP contribution in [0.25, 0.3) is 0 Å². The van der Waals surface area contributed by atoms with Crippen LogP contribution in [0.5, 0.6) is 28.7 Å². The number of benzene rings is 5. The number of ether oxygens (including phenoxy) is 5. The first-order valence-corrected chi connectivity index (χ1v) is 16.7. The standard InChI is InChI=1S/C42H36O12/c1-2-49-36-17-19-38(41(45)46)39(27-36)42(47)53-33-12-8-29(9-13-33)20-22-48-23-21-30-10-14-34(15-11-30)54-52-28-31-26-35(16-18-37(31)40(43)44)51-25-24-50-32-6-4-3-5-7-32/h1,3-19,26-27H,20-25,28H2,(H,43,44)(H,45,46). The van der Waals surface area contributed by atoms with E-state index in [1.165, 1.54) is 24.3 Å². The van der Waals surface area contributed by atoms with Crippen LogP contribution >= 0.6 is 0 Å². The van der Waals surface area contributed by atoms with E-state index in [-0.39, 0.29) is 41.4 Å². The van der Waals surface area contributed by atoms with Gasteiger partial charge in [0.25, 0.3) is 0 Å². The van der Waals surface area contributed by atoms with Gasteiger partial charge in [0.15, 0.2) is 5.75 Å². The Hall–Kier alpha value is -6.81. The van der Waals surface area contributed by atoms with Crippen LogP contribution in [0, 0.1) is 12.5 Å². The van der Waals surface area contributed by atoms with Gasteiger partial charge >= 0.3 is 17.9 Å². The molecule has 0 bridgehead atoms. The van der Waals surface area contributed by atoms with E-state index in [0.717, 1.165) is 16.9 Å². The summed E-state index contributed by atoms with van der Waals surface area (Å²) in [5.41, 5.74) is 2.01. The van der Waals surface area contributed by atoms with Crippen LogP contribution < -0.4 is 23.8 Å². The number of carboxylic acids is 2. The number of hydrogen-bond acceptors (Lipinski definition) is 10. The molecule has 0 aliphatic carbocycles. The number of carbonyl (C=O) groups excluding carboxylic acids is 1. The minimum absolute atomic E-state index is 0.0767. The Morgan fingerprint density at radius 1 is 0.574 bits per heavy atom. The Kier molecular flexibility index (Phi) is 14.0. The molecule has 0 unspecified atom stereocenters. The van der Waals surface area contributed by atoms with Gasteiger partial charge in [0, 0.05) is 5.56 Å². The number of terminal acetylenes is 1. The van der Waals surface area contributed by atoms with Crippen LogP contribution in [0.15, 0.2) is 115 Å². The van der Waals surface area contributed by atoms with E-state index < -0.39 is 17.9 Å². The summed E-state index contributed by atoms with van der Waals surface area (Å²) in [5.74, 6) is -1.20. The summed E-state index contributed by atoms with van der Waals surface area (Å²) in [7, 11) is 0. The molecule has 0 heterocycles. The first-order chi connectivity index (χ1) is 26.3. The van der Waals surface area contributed by atoms with Crippen LogP contribution in [0.4, 0.5) is 0 Å². The maximum atomic E-state index is 12.7. The highest BCUT2D eigenvalue weighted by atomic mass is 17.2. The van der Waals surface area contributed by atoms with Gasteiger partial charge in [-0.15, -0.1) is 0 Å². The molecule has 0 saturated carbocycles. The van der Waals surface area contributed by atoms with Crippen molar-refractivity contribution in [2.24, 2.45) is 0 Å². The van der Waals surface area contributed by atoms with Crippen LogP contribution in [0.1, 0.15) is 47.8 Å². The number of carbonyl (C=O) groups is 3. The van der Waals surface area contributed by atoms with Crippen LogP contribution in [-0.2, 0) is 29.1 Å². The maximum Gasteiger partial charge on any atom is 0.344 e. The molecule has 0 atom stereocenters. The molecule has 12 nitrogen and oxygen atoms in total. The highest BCUT2D eigenvalue weighted by Gasteiger charge is 2.20. The van der Waals surface area contributed by atoms with Crippen molar-refractivity contribution in [2.75, 3.05) is 26.4 Å². The van der Waals surface area contributed by atoms with Gasteiger partial charge in [0.2, 0.25) is 0 Å². The lowest BCUT2D eigenvalue weighted by Gasteiger charge is -2.12. The Bertz CT molecular complexity index is 2050. The molecule has 2 N–H and O–H groups in total. The van der Waals surface area contributed by atoms with Crippen molar-refractivity contribution in [3.63, 3.8) is 0 Å². The average molecular weight is 733 g/mol. The van der Waals surface area contributed by atoms with E-state index in [2.05, 4.69) is 0 Å². The fourth-order valence-electron chi connectivity index (χ4n) is 5.07. The maximum absolute atomic E-state index is 12.7. The van der Waals surface area contributed by atoms with E-state index in [4.69, 9.17) is 39.9 Å². The van der Waals surface area contributed by atoms with Crippen molar-refractivity contribution in [1.82, 2.24) is 0 Å². The fraction of sp³-hybridized carbons (Fsp3) is 0.167. The molecule has 0 radical (unpaired) electrons. The van der Waals surface area contributed by atoms with Crippen LogP contribution in [-0.4, -0.2) is 54.5 Å². The molecule has 0 aliphatic rings. The zero-order valence-corrected chi connectivity index (χ0v) is 29.0. The molecular weight excluding hydrogens is 696 g/mol. The number of para-hydroxylation sites is 1.